The number of allylic oxidation sites excluding steroid dienone is 1. The highest BCUT2D eigenvalue weighted by Crippen LogP contribution is 2.30. The largest absolute Gasteiger partial charge is 0.327 e. The Kier molecular flexibility index (Phi) is 5.12. The molecule has 3 rings (SSSR count). The minimum absolute atomic E-state index is 0.114. The van der Waals surface area contributed by atoms with Gasteiger partial charge in [0.05, 0.1) is 16.5 Å². The SMILES string of the molecule is CC1=C(C(=O)Nc2ccc(C)cc2C)C(c2cccc([N+](=O)[O-])c2)NC(=O)N1. The lowest BCUT2D eigenvalue weighted by molar-refractivity contribution is -0.384. The Morgan fingerprint density at radius 1 is 1.14 bits per heavy atom. The van der Waals surface area contributed by atoms with E-state index in [-0.39, 0.29) is 5.69 Å². The predicted octanol–water partition coefficient (Wildman–Crippen LogP) is 3.48. The number of amides is 3. The molecule has 8 nitrogen and oxygen atoms in total. The molecule has 1 unspecified atom stereocenters. The summed E-state index contributed by atoms with van der Waals surface area (Å²) in [6.07, 6.45) is 0. The van der Waals surface area contributed by atoms with Crippen LogP contribution in [-0.2, 0) is 4.79 Å². The maximum atomic E-state index is 13.0. The van der Waals surface area contributed by atoms with Crippen LogP contribution in [0, 0.1) is 24.0 Å². The molecule has 0 aliphatic carbocycles. The molecule has 1 aliphatic heterocycles. The van der Waals surface area contributed by atoms with E-state index in [9.17, 15) is 19.7 Å². The number of aryl methyl sites for hydroxylation is 2. The second kappa shape index (κ2) is 7.51. The highest BCUT2D eigenvalue weighted by Gasteiger charge is 2.32. The van der Waals surface area contributed by atoms with E-state index in [1.807, 2.05) is 32.0 Å². The average molecular weight is 380 g/mol. The van der Waals surface area contributed by atoms with Crippen molar-refractivity contribution < 1.29 is 14.5 Å². The van der Waals surface area contributed by atoms with Gasteiger partial charge in [-0.25, -0.2) is 4.79 Å². The van der Waals surface area contributed by atoms with E-state index in [0.717, 1.165) is 11.1 Å². The molecule has 0 radical (unpaired) electrons. The molecular weight excluding hydrogens is 360 g/mol. The van der Waals surface area contributed by atoms with Crippen LogP contribution in [-0.4, -0.2) is 16.9 Å². The number of hydrogen-bond acceptors (Lipinski definition) is 4. The number of nitro benzene ring substituents is 1. The van der Waals surface area contributed by atoms with Crippen LogP contribution in [0.25, 0.3) is 0 Å². The number of hydrogen-bond donors (Lipinski definition) is 3. The number of nitrogens with one attached hydrogen (secondary N) is 3. The van der Waals surface area contributed by atoms with E-state index in [4.69, 9.17) is 0 Å². The molecule has 0 spiro atoms. The Labute approximate surface area is 161 Å². The number of nitro groups is 1. The second-order valence-electron chi connectivity index (χ2n) is 6.69. The van der Waals surface area contributed by atoms with Gasteiger partial charge in [0.25, 0.3) is 11.6 Å². The lowest BCUT2D eigenvalue weighted by Gasteiger charge is -2.28. The third-order valence-corrected chi connectivity index (χ3v) is 4.56. The highest BCUT2D eigenvalue weighted by atomic mass is 16.6. The van der Waals surface area contributed by atoms with Gasteiger partial charge in [0.2, 0.25) is 0 Å². The lowest BCUT2D eigenvalue weighted by Crippen LogP contribution is -2.46. The van der Waals surface area contributed by atoms with E-state index >= 15 is 0 Å². The van der Waals surface area contributed by atoms with Crippen LogP contribution in [0.4, 0.5) is 16.2 Å². The van der Waals surface area contributed by atoms with Gasteiger partial charge < -0.3 is 16.0 Å². The van der Waals surface area contributed by atoms with E-state index < -0.39 is 22.9 Å². The summed E-state index contributed by atoms with van der Waals surface area (Å²) >= 11 is 0. The molecule has 3 amide bonds. The van der Waals surface area contributed by atoms with Crippen molar-refractivity contribution in [3.8, 4) is 0 Å². The normalized spacial score (nSPS) is 16.2. The van der Waals surface area contributed by atoms with Crippen LogP contribution in [0.3, 0.4) is 0 Å². The first-order valence-corrected chi connectivity index (χ1v) is 8.67. The molecule has 0 aromatic heterocycles. The van der Waals surface area contributed by atoms with E-state index in [1.165, 1.54) is 18.2 Å². The summed E-state index contributed by atoms with van der Waals surface area (Å²) in [4.78, 5) is 35.6. The Bertz CT molecular complexity index is 1010. The summed E-state index contributed by atoms with van der Waals surface area (Å²) in [5.74, 6) is -0.395. The minimum atomic E-state index is -0.806. The Hall–Kier alpha value is -3.68. The van der Waals surface area contributed by atoms with Gasteiger partial charge in [-0.15, -0.1) is 0 Å². The van der Waals surface area contributed by atoms with E-state index in [1.54, 1.807) is 13.0 Å². The molecule has 1 atom stereocenters. The van der Waals surface area contributed by atoms with Crippen molar-refractivity contribution in [1.82, 2.24) is 10.6 Å². The summed E-state index contributed by atoms with van der Waals surface area (Å²) in [5, 5.41) is 19.2. The van der Waals surface area contributed by atoms with Gasteiger partial charge in [-0.2, -0.15) is 0 Å². The molecule has 0 fully saturated rings. The monoisotopic (exact) mass is 380 g/mol. The fraction of sp³-hybridized carbons (Fsp3) is 0.200. The molecule has 0 bridgehead atoms. The van der Waals surface area contributed by atoms with Crippen LogP contribution >= 0.6 is 0 Å². The van der Waals surface area contributed by atoms with E-state index in [0.29, 0.717) is 22.5 Å². The topological polar surface area (TPSA) is 113 Å². The van der Waals surface area contributed by atoms with Gasteiger partial charge in [-0.05, 0) is 38.0 Å². The fourth-order valence-corrected chi connectivity index (χ4v) is 3.21. The van der Waals surface area contributed by atoms with Crippen LogP contribution in [0.1, 0.15) is 29.7 Å². The van der Waals surface area contributed by atoms with Crippen molar-refractivity contribution in [2.45, 2.75) is 26.8 Å². The average Bonchev–Trinajstić information content (AvgIpc) is 2.63. The molecule has 8 heteroatoms. The van der Waals surface area contributed by atoms with Crippen LogP contribution in [0.2, 0.25) is 0 Å². The Morgan fingerprint density at radius 3 is 2.57 bits per heavy atom. The van der Waals surface area contributed by atoms with Gasteiger partial charge in [0.1, 0.15) is 0 Å². The van der Waals surface area contributed by atoms with E-state index in [2.05, 4.69) is 16.0 Å². The van der Waals surface area contributed by atoms with Gasteiger partial charge >= 0.3 is 6.03 Å². The molecule has 3 N–H and O–H groups in total. The number of urea groups is 1. The molecule has 2 aromatic carbocycles. The molecule has 1 aliphatic rings. The fourth-order valence-electron chi connectivity index (χ4n) is 3.21. The maximum absolute atomic E-state index is 13.0. The van der Waals surface area contributed by atoms with Crippen molar-refractivity contribution in [3.05, 3.63) is 80.5 Å². The van der Waals surface area contributed by atoms with Gasteiger partial charge in [-0.1, -0.05) is 29.8 Å². The number of benzene rings is 2. The van der Waals surface area contributed by atoms with Gasteiger partial charge in [0, 0.05) is 23.5 Å². The first-order valence-electron chi connectivity index (χ1n) is 8.67. The van der Waals surface area contributed by atoms with Crippen molar-refractivity contribution in [3.63, 3.8) is 0 Å². The van der Waals surface area contributed by atoms with Gasteiger partial charge in [0.15, 0.2) is 0 Å². The maximum Gasteiger partial charge on any atom is 0.319 e. The summed E-state index contributed by atoms with van der Waals surface area (Å²) in [5.41, 5.74) is 3.66. The Balaban J connectivity index is 1.98. The number of carbonyl (C=O) groups excluding carboxylic acids is 2. The molecule has 1 heterocycles. The molecule has 28 heavy (non-hydrogen) atoms. The van der Waals surface area contributed by atoms with Crippen LogP contribution < -0.4 is 16.0 Å². The standard InChI is InChI=1S/C20H20N4O4/c1-11-7-8-16(12(2)9-11)22-19(25)17-13(3)21-20(26)23-18(17)14-5-4-6-15(10-14)24(27)28/h4-10,18H,1-3H3,(H,22,25)(H2,21,23,26). The predicted molar refractivity (Wildman–Crippen MR) is 105 cm³/mol. The summed E-state index contributed by atoms with van der Waals surface area (Å²) < 4.78 is 0. The highest BCUT2D eigenvalue weighted by molar-refractivity contribution is 6.07. The van der Waals surface area contributed by atoms with Crippen LogP contribution in [0.15, 0.2) is 53.7 Å². The lowest BCUT2D eigenvalue weighted by atomic mass is 9.94. The summed E-state index contributed by atoms with van der Waals surface area (Å²) in [6, 6.07) is 10.3. The molecule has 0 saturated carbocycles. The van der Waals surface area contributed by atoms with Crippen molar-refractivity contribution in [2.24, 2.45) is 0 Å². The molecule has 0 saturated heterocycles. The minimum Gasteiger partial charge on any atom is -0.327 e. The zero-order chi connectivity index (χ0) is 20.4. The summed E-state index contributed by atoms with van der Waals surface area (Å²) in [6.45, 7) is 5.48. The van der Waals surface area contributed by atoms with Crippen LogP contribution in [0.5, 0.6) is 0 Å². The Morgan fingerprint density at radius 2 is 1.89 bits per heavy atom. The second-order valence-corrected chi connectivity index (χ2v) is 6.69. The first-order chi connectivity index (χ1) is 13.3. The quantitative estimate of drug-likeness (QED) is 0.556. The molecule has 144 valence electrons. The number of anilines is 1. The van der Waals surface area contributed by atoms with Crippen molar-refractivity contribution in [1.29, 1.82) is 0 Å². The third kappa shape index (κ3) is 3.85. The zero-order valence-electron chi connectivity index (χ0n) is 15.7. The smallest absolute Gasteiger partial charge is 0.319 e. The summed E-state index contributed by atoms with van der Waals surface area (Å²) in [7, 11) is 0. The number of carbonyl (C=O) groups is 2. The van der Waals surface area contributed by atoms with Crippen molar-refractivity contribution in [2.75, 3.05) is 5.32 Å². The molecular formula is C20H20N4O4. The number of rotatable bonds is 4. The third-order valence-electron chi connectivity index (χ3n) is 4.56. The zero-order valence-corrected chi connectivity index (χ0v) is 15.7. The van der Waals surface area contributed by atoms with Gasteiger partial charge in [-0.3, -0.25) is 14.9 Å². The number of non-ortho nitro benzene ring substituents is 1. The number of nitrogens with zero attached hydrogens (tertiary/aromatic N) is 1. The van der Waals surface area contributed by atoms with Crippen molar-refractivity contribution >= 4 is 23.3 Å². The first kappa shape index (κ1) is 19.1. The molecule has 2 aromatic rings.